The molecule has 0 aliphatic heterocycles. The van der Waals surface area contributed by atoms with Gasteiger partial charge in [0, 0.05) is 10.6 Å². The van der Waals surface area contributed by atoms with Crippen LogP contribution in [0.3, 0.4) is 0 Å². The molecule has 0 radical (unpaired) electrons. The first-order valence-corrected chi connectivity index (χ1v) is 10.4. The van der Waals surface area contributed by atoms with Crippen molar-refractivity contribution in [2.75, 3.05) is 31.3 Å². The molecule has 0 aliphatic carbocycles. The number of sulfonamides is 1. The van der Waals surface area contributed by atoms with Crippen molar-refractivity contribution in [3.63, 3.8) is 0 Å². The second kappa shape index (κ2) is 9.48. The summed E-state index contributed by atoms with van der Waals surface area (Å²) < 4.78 is 35.4. The molecule has 0 spiro atoms. The second-order valence-corrected chi connectivity index (χ2v) is 8.12. The number of anilines is 1. The van der Waals surface area contributed by atoms with Gasteiger partial charge in [-0.25, -0.2) is 13.8 Å². The summed E-state index contributed by atoms with van der Waals surface area (Å²) in [6.45, 7) is -0.559. The van der Waals surface area contributed by atoms with E-state index in [4.69, 9.17) is 21.1 Å². The average Bonchev–Trinajstić information content (AvgIpc) is 2.66. The summed E-state index contributed by atoms with van der Waals surface area (Å²) in [6.07, 6.45) is 2.17. The van der Waals surface area contributed by atoms with Crippen LogP contribution in [0.25, 0.3) is 0 Å². The van der Waals surface area contributed by atoms with E-state index in [1.807, 2.05) is 0 Å². The number of nitrogens with one attached hydrogen (secondary N) is 1. The van der Waals surface area contributed by atoms with Crippen LogP contribution >= 0.6 is 11.6 Å². The summed E-state index contributed by atoms with van der Waals surface area (Å²) in [5.41, 5.74) is 2.64. The van der Waals surface area contributed by atoms with Gasteiger partial charge in [-0.15, -0.1) is 0 Å². The molecule has 2 N–H and O–H groups in total. The van der Waals surface area contributed by atoms with Gasteiger partial charge in [0.05, 0.1) is 32.4 Å². The van der Waals surface area contributed by atoms with Crippen LogP contribution in [-0.2, 0) is 14.8 Å². The number of amides is 1. The summed E-state index contributed by atoms with van der Waals surface area (Å²) in [7, 11) is -1.05. The van der Waals surface area contributed by atoms with Gasteiger partial charge in [-0.3, -0.25) is 9.10 Å². The SMILES string of the molecule is COc1ccc(Cl)cc1N(CC(=O)N/N=C\c1cccc(OC)c1O)S(C)(=O)=O. The first-order chi connectivity index (χ1) is 13.7. The number of aromatic hydroxyl groups is 1. The molecule has 0 aromatic heterocycles. The molecule has 0 bridgehead atoms. The zero-order chi connectivity index (χ0) is 21.6. The van der Waals surface area contributed by atoms with Crippen molar-refractivity contribution < 1.29 is 27.8 Å². The first-order valence-electron chi connectivity index (χ1n) is 8.16. The van der Waals surface area contributed by atoms with Crippen molar-refractivity contribution in [1.82, 2.24) is 5.43 Å². The van der Waals surface area contributed by atoms with Crippen LogP contribution in [0.15, 0.2) is 41.5 Å². The van der Waals surface area contributed by atoms with E-state index in [9.17, 15) is 18.3 Å². The summed E-state index contributed by atoms with van der Waals surface area (Å²) in [4.78, 5) is 12.3. The molecule has 0 heterocycles. The molecule has 29 heavy (non-hydrogen) atoms. The van der Waals surface area contributed by atoms with Gasteiger partial charge in [0.2, 0.25) is 10.0 Å². The maximum Gasteiger partial charge on any atom is 0.260 e. The van der Waals surface area contributed by atoms with Crippen LogP contribution in [0, 0.1) is 0 Å². The molecule has 1 amide bonds. The minimum Gasteiger partial charge on any atom is -0.504 e. The molecule has 0 saturated heterocycles. The second-order valence-electron chi connectivity index (χ2n) is 5.78. The molecule has 9 nitrogen and oxygen atoms in total. The third kappa shape index (κ3) is 5.75. The van der Waals surface area contributed by atoms with Gasteiger partial charge in [-0.05, 0) is 30.3 Å². The number of carbonyl (C=O) groups is 1. The number of ether oxygens (including phenoxy) is 2. The number of nitrogens with zero attached hydrogens (tertiary/aromatic N) is 2. The number of halogens is 1. The lowest BCUT2D eigenvalue weighted by Gasteiger charge is -2.23. The Morgan fingerprint density at radius 2 is 1.93 bits per heavy atom. The molecular formula is C18H20ClN3O6S. The lowest BCUT2D eigenvalue weighted by atomic mass is 10.2. The molecule has 11 heteroatoms. The molecule has 156 valence electrons. The highest BCUT2D eigenvalue weighted by molar-refractivity contribution is 7.92. The number of hydrogen-bond donors (Lipinski definition) is 2. The topological polar surface area (TPSA) is 118 Å². The fraction of sp³-hybridized carbons (Fsp3) is 0.222. The lowest BCUT2D eigenvalue weighted by Crippen LogP contribution is -2.39. The van der Waals surface area contributed by atoms with E-state index in [2.05, 4.69) is 10.5 Å². The third-order valence-electron chi connectivity index (χ3n) is 3.74. The normalized spacial score (nSPS) is 11.3. The van der Waals surface area contributed by atoms with Crippen LogP contribution in [0.1, 0.15) is 5.56 Å². The van der Waals surface area contributed by atoms with Crippen LogP contribution in [0.5, 0.6) is 17.2 Å². The fourth-order valence-electron chi connectivity index (χ4n) is 2.39. The largest absolute Gasteiger partial charge is 0.504 e. The predicted molar refractivity (Wildman–Crippen MR) is 111 cm³/mol. The first kappa shape index (κ1) is 22.3. The Balaban J connectivity index is 2.19. The molecule has 0 saturated carbocycles. The van der Waals surface area contributed by atoms with Crippen molar-refractivity contribution in [3.8, 4) is 17.2 Å². The molecule has 2 aromatic carbocycles. The number of benzene rings is 2. The monoisotopic (exact) mass is 441 g/mol. The number of hydrazone groups is 1. The maximum absolute atomic E-state index is 12.3. The van der Waals surface area contributed by atoms with Gasteiger partial charge in [0.25, 0.3) is 5.91 Å². The summed E-state index contributed by atoms with van der Waals surface area (Å²) in [6, 6.07) is 9.18. The number of phenolic OH excluding ortho intramolecular Hbond substituents is 1. The fourth-order valence-corrected chi connectivity index (χ4v) is 3.40. The molecule has 2 rings (SSSR count). The number of carbonyl (C=O) groups excluding carboxylic acids is 1. The van der Waals surface area contributed by atoms with Gasteiger partial charge in [0.1, 0.15) is 12.3 Å². The van der Waals surface area contributed by atoms with E-state index in [0.29, 0.717) is 5.56 Å². The average molecular weight is 442 g/mol. The summed E-state index contributed by atoms with van der Waals surface area (Å²) in [5, 5.41) is 14.0. The molecule has 0 unspecified atom stereocenters. The van der Waals surface area contributed by atoms with E-state index in [1.165, 1.54) is 38.6 Å². The van der Waals surface area contributed by atoms with Crippen LogP contribution in [-0.4, -0.2) is 52.7 Å². The zero-order valence-corrected chi connectivity index (χ0v) is 17.5. The Morgan fingerprint density at radius 3 is 2.55 bits per heavy atom. The Morgan fingerprint density at radius 1 is 1.24 bits per heavy atom. The predicted octanol–water partition coefficient (Wildman–Crippen LogP) is 1.98. The quantitative estimate of drug-likeness (QED) is 0.477. The van der Waals surface area contributed by atoms with E-state index >= 15 is 0 Å². The van der Waals surface area contributed by atoms with Gasteiger partial charge in [0.15, 0.2) is 11.5 Å². The Hall–Kier alpha value is -2.98. The van der Waals surface area contributed by atoms with Crippen molar-refractivity contribution in [2.24, 2.45) is 5.10 Å². The highest BCUT2D eigenvalue weighted by Crippen LogP contribution is 2.32. The van der Waals surface area contributed by atoms with Crippen molar-refractivity contribution in [2.45, 2.75) is 0 Å². The van der Waals surface area contributed by atoms with Crippen molar-refractivity contribution >= 4 is 39.4 Å². The minimum atomic E-state index is -3.83. The smallest absolute Gasteiger partial charge is 0.260 e. The number of hydrogen-bond acceptors (Lipinski definition) is 7. The van der Waals surface area contributed by atoms with Gasteiger partial charge in [-0.2, -0.15) is 5.10 Å². The molecule has 0 fully saturated rings. The molecule has 0 atom stereocenters. The lowest BCUT2D eigenvalue weighted by molar-refractivity contribution is -0.119. The van der Waals surface area contributed by atoms with E-state index in [1.54, 1.807) is 18.2 Å². The van der Waals surface area contributed by atoms with Crippen molar-refractivity contribution in [3.05, 3.63) is 47.0 Å². The number of methoxy groups -OCH3 is 2. The molecular weight excluding hydrogens is 422 g/mol. The molecule has 2 aromatic rings. The standard InChI is InChI=1S/C18H20ClN3O6S/c1-27-15-8-7-13(19)9-14(15)22(29(3,25)26)11-17(23)21-20-10-12-5-4-6-16(28-2)18(12)24/h4-10,24H,11H2,1-3H3,(H,21,23)/b20-10-. The van der Waals surface area contributed by atoms with Crippen LogP contribution < -0.4 is 19.2 Å². The number of rotatable bonds is 8. The minimum absolute atomic E-state index is 0.118. The Kier molecular flexibility index (Phi) is 7.29. The highest BCUT2D eigenvalue weighted by Gasteiger charge is 2.24. The van der Waals surface area contributed by atoms with Crippen molar-refractivity contribution in [1.29, 1.82) is 0 Å². The van der Waals surface area contributed by atoms with E-state index in [-0.39, 0.29) is 28.0 Å². The van der Waals surface area contributed by atoms with E-state index < -0.39 is 22.5 Å². The number of para-hydroxylation sites is 1. The summed E-state index contributed by atoms with van der Waals surface area (Å²) >= 11 is 5.96. The zero-order valence-electron chi connectivity index (χ0n) is 15.9. The van der Waals surface area contributed by atoms with Crippen LogP contribution in [0.4, 0.5) is 5.69 Å². The Bertz CT molecular complexity index is 1030. The van der Waals surface area contributed by atoms with Gasteiger partial charge in [-0.1, -0.05) is 17.7 Å². The molecule has 0 aliphatic rings. The van der Waals surface area contributed by atoms with E-state index in [0.717, 1.165) is 10.6 Å². The third-order valence-corrected chi connectivity index (χ3v) is 5.10. The summed E-state index contributed by atoms with van der Waals surface area (Å²) in [5.74, 6) is -0.375. The van der Waals surface area contributed by atoms with Gasteiger partial charge >= 0.3 is 0 Å². The Labute approximate surface area is 173 Å². The van der Waals surface area contributed by atoms with Crippen LogP contribution in [0.2, 0.25) is 5.02 Å². The highest BCUT2D eigenvalue weighted by atomic mass is 35.5. The van der Waals surface area contributed by atoms with Gasteiger partial charge < -0.3 is 14.6 Å². The maximum atomic E-state index is 12.3. The number of phenols is 1.